The Balaban J connectivity index is 0.000000446. The van der Waals surface area contributed by atoms with E-state index >= 15 is 0 Å². The summed E-state index contributed by atoms with van der Waals surface area (Å²) < 4.78 is 13.4. The van der Waals surface area contributed by atoms with Crippen molar-refractivity contribution in [2.24, 2.45) is 11.8 Å². The lowest BCUT2D eigenvalue weighted by Gasteiger charge is -2.36. The van der Waals surface area contributed by atoms with Crippen LogP contribution in [0.4, 0.5) is 4.39 Å². The molecule has 270 valence electrons. The van der Waals surface area contributed by atoms with Gasteiger partial charge in [-0.25, -0.2) is 4.39 Å². The monoisotopic (exact) mass is 686 g/mol. The van der Waals surface area contributed by atoms with E-state index < -0.39 is 5.97 Å². The van der Waals surface area contributed by atoms with Crippen molar-refractivity contribution >= 4 is 28.6 Å². The van der Waals surface area contributed by atoms with Gasteiger partial charge < -0.3 is 20.6 Å². The van der Waals surface area contributed by atoms with E-state index in [0.29, 0.717) is 19.0 Å². The van der Waals surface area contributed by atoms with Crippen LogP contribution in [0.15, 0.2) is 60.7 Å². The number of halogens is 1. The fourth-order valence-electron chi connectivity index (χ4n) is 6.26. The lowest BCUT2D eigenvalue weighted by atomic mass is 9.91. The standard InChI is InChI=1S/C32H36FN3O.C7H13NO3.C2H6/c1-23(36-19-15-27(16-20-36)32(37)35-22-25-5-2-7-28(33)21-25)29-8-4-9-30-26(6-3-10-31(29)30)12-11-24-13-17-34-18-14-24;1-3-8(2)6(9)4-5-7(10)11;1-2/h2-10,21,23-24,27,34H,13-20,22H2,1H3,(H,35,37);3-5H2,1-2H3,(H,10,11);1-2H3. The van der Waals surface area contributed by atoms with Crippen LogP contribution in [0.3, 0.4) is 0 Å². The fraction of sp³-hybridized carbons (Fsp3) is 0.488. The minimum absolute atomic E-state index is 0.00129. The van der Waals surface area contributed by atoms with Crippen molar-refractivity contribution in [3.05, 3.63) is 83.2 Å². The van der Waals surface area contributed by atoms with E-state index in [2.05, 4.69) is 70.7 Å². The number of carbonyl (C=O) groups is 3. The first-order valence-electron chi connectivity index (χ1n) is 18.1. The number of benzene rings is 3. The molecule has 3 N–H and O–H groups in total. The number of fused-ring (bicyclic) bond motifs is 1. The summed E-state index contributed by atoms with van der Waals surface area (Å²) in [6, 6.07) is 19.7. The molecule has 2 aliphatic heterocycles. The van der Waals surface area contributed by atoms with Gasteiger partial charge in [-0.3, -0.25) is 19.3 Å². The number of aliphatic carboxylic acids is 1. The Labute approximate surface area is 297 Å². The van der Waals surface area contributed by atoms with Crippen molar-refractivity contribution in [3.63, 3.8) is 0 Å². The Kier molecular flexibility index (Phi) is 16.9. The number of nitrogens with one attached hydrogen (secondary N) is 2. The number of nitrogens with zero attached hydrogens (tertiary/aromatic N) is 2. The van der Waals surface area contributed by atoms with Gasteiger partial charge in [-0.2, -0.15) is 0 Å². The molecule has 3 aromatic rings. The first-order valence-corrected chi connectivity index (χ1v) is 18.1. The highest BCUT2D eigenvalue weighted by Gasteiger charge is 2.28. The third-order valence-corrected chi connectivity index (χ3v) is 9.41. The molecule has 1 unspecified atom stereocenters. The van der Waals surface area contributed by atoms with Crippen molar-refractivity contribution in [1.29, 1.82) is 0 Å². The SMILES string of the molecule is CC.CC(c1cccc2c(C#CC3CCNCC3)cccc12)N1CCC(C(=O)NCc2cccc(F)c2)CC1.CCN(C)C(=O)CCC(=O)O. The van der Waals surface area contributed by atoms with Gasteiger partial charge in [0.2, 0.25) is 11.8 Å². The molecular formula is C41H55FN4O4. The average molecular weight is 687 g/mol. The van der Waals surface area contributed by atoms with Crippen LogP contribution in [-0.4, -0.2) is 72.5 Å². The summed E-state index contributed by atoms with van der Waals surface area (Å²) in [5, 5.41) is 17.1. The van der Waals surface area contributed by atoms with Crippen LogP contribution in [0, 0.1) is 29.5 Å². The number of carbonyl (C=O) groups excluding carboxylic acids is 2. The minimum Gasteiger partial charge on any atom is -0.481 e. The van der Waals surface area contributed by atoms with Crippen molar-refractivity contribution in [2.45, 2.75) is 78.8 Å². The maximum Gasteiger partial charge on any atom is 0.303 e. The molecule has 0 saturated carbocycles. The van der Waals surface area contributed by atoms with Gasteiger partial charge in [0.1, 0.15) is 5.82 Å². The molecule has 0 spiro atoms. The Morgan fingerprint density at radius 1 is 0.980 bits per heavy atom. The van der Waals surface area contributed by atoms with Gasteiger partial charge in [0.05, 0.1) is 6.42 Å². The normalized spacial score (nSPS) is 15.6. The summed E-state index contributed by atoms with van der Waals surface area (Å²) >= 11 is 0. The summed E-state index contributed by atoms with van der Waals surface area (Å²) in [6.45, 7) is 13.0. The molecule has 9 heteroatoms. The number of rotatable bonds is 9. The fourth-order valence-corrected chi connectivity index (χ4v) is 6.26. The highest BCUT2D eigenvalue weighted by molar-refractivity contribution is 5.91. The number of amides is 2. The third-order valence-electron chi connectivity index (χ3n) is 9.41. The van der Waals surface area contributed by atoms with E-state index in [1.54, 1.807) is 13.1 Å². The second kappa shape index (κ2) is 21.1. The maximum atomic E-state index is 13.4. The molecule has 2 heterocycles. The molecule has 8 nitrogen and oxygen atoms in total. The van der Waals surface area contributed by atoms with Gasteiger partial charge >= 0.3 is 5.97 Å². The number of hydrogen-bond donors (Lipinski definition) is 3. The number of likely N-dealkylation sites (tertiary alicyclic amines) is 1. The van der Waals surface area contributed by atoms with Crippen LogP contribution in [0.25, 0.3) is 10.8 Å². The summed E-state index contributed by atoms with van der Waals surface area (Å²) in [5.74, 6) is 6.24. The van der Waals surface area contributed by atoms with Crippen molar-refractivity contribution in [3.8, 4) is 11.8 Å². The highest BCUT2D eigenvalue weighted by atomic mass is 19.1. The Hall–Kier alpha value is -4.26. The molecule has 50 heavy (non-hydrogen) atoms. The van der Waals surface area contributed by atoms with E-state index in [1.165, 1.54) is 33.4 Å². The van der Waals surface area contributed by atoms with E-state index in [-0.39, 0.29) is 42.4 Å². The van der Waals surface area contributed by atoms with E-state index in [1.807, 2.05) is 26.8 Å². The van der Waals surface area contributed by atoms with Crippen molar-refractivity contribution < 1.29 is 23.9 Å². The first kappa shape index (κ1) is 40.2. The zero-order valence-electron chi connectivity index (χ0n) is 30.4. The summed E-state index contributed by atoms with van der Waals surface area (Å²) in [7, 11) is 1.66. The quantitative estimate of drug-likeness (QED) is 0.215. The number of carboxylic acids is 1. The van der Waals surface area contributed by atoms with Crippen LogP contribution in [-0.2, 0) is 20.9 Å². The maximum absolute atomic E-state index is 13.4. The smallest absolute Gasteiger partial charge is 0.303 e. The van der Waals surface area contributed by atoms with Crippen LogP contribution < -0.4 is 10.6 Å². The summed E-state index contributed by atoms with van der Waals surface area (Å²) in [4.78, 5) is 37.7. The van der Waals surface area contributed by atoms with Gasteiger partial charge in [0.15, 0.2) is 0 Å². The molecule has 3 aromatic carbocycles. The topological polar surface area (TPSA) is 102 Å². The second-order valence-electron chi connectivity index (χ2n) is 12.7. The predicted octanol–water partition coefficient (Wildman–Crippen LogP) is 6.78. The molecule has 0 radical (unpaired) electrons. The van der Waals surface area contributed by atoms with Gasteiger partial charge in [-0.1, -0.05) is 68.2 Å². The Bertz CT molecular complexity index is 1600. The molecule has 2 amide bonds. The van der Waals surface area contributed by atoms with Gasteiger partial charge in [0.25, 0.3) is 0 Å². The average Bonchev–Trinajstić information content (AvgIpc) is 3.15. The zero-order valence-corrected chi connectivity index (χ0v) is 30.4. The van der Waals surface area contributed by atoms with Gasteiger partial charge in [0, 0.05) is 50.0 Å². The molecule has 0 aromatic heterocycles. The lowest BCUT2D eigenvalue weighted by Crippen LogP contribution is -2.41. The predicted molar refractivity (Wildman–Crippen MR) is 199 cm³/mol. The van der Waals surface area contributed by atoms with Crippen LogP contribution in [0.1, 0.15) is 89.0 Å². The summed E-state index contributed by atoms with van der Waals surface area (Å²) in [6.07, 6.45) is 3.93. The molecule has 2 fully saturated rings. The third kappa shape index (κ3) is 12.3. The molecule has 0 bridgehead atoms. The molecule has 2 aliphatic rings. The lowest BCUT2D eigenvalue weighted by molar-refractivity contribution is -0.140. The molecule has 1 atom stereocenters. The second-order valence-corrected chi connectivity index (χ2v) is 12.7. The number of hydrogen-bond acceptors (Lipinski definition) is 5. The Morgan fingerprint density at radius 3 is 2.30 bits per heavy atom. The van der Waals surface area contributed by atoms with Gasteiger partial charge in [-0.15, -0.1) is 0 Å². The highest BCUT2D eigenvalue weighted by Crippen LogP contribution is 2.32. The first-order chi connectivity index (χ1) is 24.2. The number of carboxylic acid groups (broad SMARTS) is 1. The van der Waals surface area contributed by atoms with E-state index in [4.69, 9.17) is 5.11 Å². The van der Waals surface area contributed by atoms with Crippen LogP contribution in [0.5, 0.6) is 0 Å². The largest absolute Gasteiger partial charge is 0.481 e. The minimum atomic E-state index is -0.928. The van der Waals surface area contributed by atoms with E-state index in [9.17, 15) is 18.8 Å². The van der Waals surface area contributed by atoms with Crippen LogP contribution >= 0.6 is 0 Å². The van der Waals surface area contributed by atoms with Gasteiger partial charge in [-0.05, 0) is 106 Å². The van der Waals surface area contributed by atoms with E-state index in [0.717, 1.165) is 63.0 Å². The molecular weight excluding hydrogens is 631 g/mol. The number of piperidine rings is 2. The zero-order chi connectivity index (χ0) is 36.5. The van der Waals surface area contributed by atoms with Crippen LogP contribution in [0.2, 0.25) is 0 Å². The molecule has 2 saturated heterocycles. The summed E-state index contributed by atoms with van der Waals surface area (Å²) in [5.41, 5.74) is 3.21. The Morgan fingerprint density at radius 2 is 1.64 bits per heavy atom. The van der Waals surface area contributed by atoms with Crippen molar-refractivity contribution in [2.75, 3.05) is 39.8 Å². The van der Waals surface area contributed by atoms with Crippen molar-refractivity contribution in [1.82, 2.24) is 20.4 Å². The molecule has 5 rings (SSSR count). The molecule has 0 aliphatic carbocycles.